The minimum absolute atomic E-state index is 0.680. The predicted octanol–water partition coefficient (Wildman–Crippen LogP) is 7.50. The van der Waals surface area contributed by atoms with Crippen molar-refractivity contribution >= 4 is 10.8 Å². The Hall–Kier alpha value is -2.15. The standard InChI is InChI=1S/C29H38N/c1-19(2)14-23-12-13-27-26(17-23)16-21(4)30(6)29(27)28-18-25(15-20(3)22(28)5)24-10-8-7-9-11-24/h12-13,15-19,24H,7-11,14H2,1-6H3/q+1. The van der Waals surface area contributed by atoms with Crippen molar-refractivity contribution in [1.29, 1.82) is 0 Å². The quantitative estimate of drug-likeness (QED) is 0.399. The normalized spacial score (nSPS) is 15.3. The highest BCUT2D eigenvalue weighted by Crippen LogP contribution is 2.38. The van der Waals surface area contributed by atoms with Crippen LogP contribution in [0.1, 0.15) is 79.8 Å². The summed E-state index contributed by atoms with van der Waals surface area (Å²) in [5, 5.41) is 2.75. The molecule has 0 bridgehead atoms. The Bertz CT molecular complexity index is 1070. The highest BCUT2D eigenvalue weighted by molar-refractivity contribution is 5.94. The van der Waals surface area contributed by atoms with E-state index in [1.54, 1.807) is 5.56 Å². The van der Waals surface area contributed by atoms with Gasteiger partial charge < -0.3 is 0 Å². The van der Waals surface area contributed by atoms with Gasteiger partial charge in [0.25, 0.3) is 0 Å². The van der Waals surface area contributed by atoms with E-state index in [1.165, 1.54) is 76.5 Å². The molecule has 0 amide bonds. The zero-order valence-electron chi connectivity index (χ0n) is 19.8. The smallest absolute Gasteiger partial charge is 0.198 e. The molecule has 4 rings (SSSR count). The number of benzene rings is 2. The molecule has 1 heteroatoms. The third-order valence-corrected chi connectivity index (χ3v) is 7.27. The van der Waals surface area contributed by atoms with E-state index in [-0.39, 0.29) is 0 Å². The van der Waals surface area contributed by atoms with Crippen LogP contribution < -0.4 is 4.57 Å². The Morgan fingerprint density at radius 1 is 0.933 bits per heavy atom. The molecule has 1 saturated carbocycles. The largest absolute Gasteiger partial charge is 0.220 e. The molecule has 0 radical (unpaired) electrons. The molecule has 1 aliphatic rings. The van der Waals surface area contributed by atoms with Crippen molar-refractivity contribution in [1.82, 2.24) is 0 Å². The van der Waals surface area contributed by atoms with Crippen LogP contribution in [0.5, 0.6) is 0 Å². The van der Waals surface area contributed by atoms with E-state index in [4.69, 9.17) is 0 Å². The van der Waals surface area contributed by atoms with Gasteiger partial charge in [-0.15, -0.1) is 0 Å². The number of aromatic nitrogens is 1. The minimum atomic E-state index is 0.680. The molecule has 2 aromatic carbocycles. The molecule has 0 spiro atoms. The van der Waals surface area contributed by atoms with Crippen LogP contribution in [0, 0.1) is 26.7 Å². The molecule has 1 aliphatic carbocycles. The summed E-state index contributed by atoms with van der Waals surface area (Å²) >= 11 is 0. The summed E-state index contributed by atoms with van der Waals surface area (Å²) in [6.45, 7) is 11.4. The predicted molar refractivity (Wildman–Crippen MR) is 129 cm³/mol. The molecule has 1 fully saturated rings. The van der Waals surface area contributed by atoms with Crippen LogP contribution >= 0.6 is 0 Å². The summed E-state index contributed by atoms with van der Waals surface area (Å²) in [5.41, 5.74) is 9.96. The lowest BCUT2D eigenvalue weighted by atomic mass is 9.81. The van der Waals surface area contributed by atoms with Gasteiger partial charge in [-0.2, -0.15) is 4.57 Å². The van der Waals surface area contributed by atoms with E-state index >= 15 is 0 Å². The van der Waals surface area contributed by atoms with Gasteiger partial charge in [-0.1, -0.05) is 51.3 Å². The first kappa shape index (κ1) is 21.1. The summed E-state index contributed by atoms with van der Waals surface area (Å²) in [6, 6.07) is 14.5. The van der Waals surface area contributed by atoms with Crippen LogP contribution in [0.25, 0.3) is 22.0 Å². The average molecular weight is 401 g/mol. The van der Waals surface area contributed by atoms with Gasteiger partial charge in [0.15, 0.2) is 5.69 Å². The Labute approximate surface area is 183 Å². The van der Waals surface area contributed by atoms with Crippen LogP contribution in [-0.4, -0.2) is 0 Å². The zero-order chi connectivity index (χ0) is 21.4. The maximum absolute atomic E-state index is 2.52. The number of aryl methyl sites for hydroxylation is 2. The molecular formula is C29H38N+. The van der Waals surface area contributed by atoms with E-state index in [0.717, 1.165) is 12.3 Å². The van der Waals surface area contributed by atoms with E-state index in [9.17, 15) is 0 Å². The maximum atomic E-state index is 2.52. The monoisotopic (exact) mass is 400 g/mol. The van der Waals surface area contributed by atoms with Gasteiger partial charge in [0.1, 0.15) is 7.05 Å². The Kier molecular flexibility index (Phi) is 6.00. The molecule has 0 N–H and O–H groups in total. The second-order valence-corrected chi connectivity index (χ2v) is 10.1. The summed E-state index contributed by atoms with van der Waals surface area (Å²) in [5.74, 6) is 1.41. The maximum Gasteiger partial charge on any atom is 0.220 e. The third-order valence-electron chi connectivity index (χ3n) is 7.27. The second-order valence-electron chi connectivity index (χ2n) is 10.1. The third kappa shape index (κ3) is 4.04. The van der Waals surface area contributed by atoms with E-state index in [2.05, 4.69) is 82.6 Å². The Morgan fingerprint density at radius 3 is 2.37 bits per heavy atom. The molecule has 0 unspecified atom stereocenters. The van der Waals surface area contributed by atoms with Crippen LogP contribution in [0.4, 0.5) is 0 Å². The molecule has 158 valence electrons. The van der Waals surface area contributed by atoms with Gasteiger partial charge in [-0.05, 0) is 84.7 Å². The van der Waals surface area contributed by atoms with E-state index in [0.29, 0.717) is 5.92 Å². The molecule has 30 heavy (non-hydrogen) atoms. The lowest BCUT2D eigenvalue weighted by Crippen LogP contribution is -2.35. The topological polar surface area (TPSA) is 3.88 Å². The summed E-state index contributed by atoms with van der Waals surface area (Å²) in [7, 11) is 2.23. The van der Waals surface area contributed by atoms with Gasteiger partial charge in [0, 0.05) is 13.0 Å². The lowest BCUT2D eigenvalue weighted by molar-refractivity contribution is -0.665. The molecule has 0 atom stereocenters. The van der Waals surface area contributed by atoms with Gasteiger partial charge in [0.2, 0.25) is 5.69 Å². The fourth-order valence-corrected chi connectivity index (χ4v) is 5.36. The first-order valence-electron chi connectivity index (χ1n) is 11.9. The SMILES string of the molecule is Cc1cc(C2CCCCC2)cc(-c2c3ccc(CC(C)C)cc3cc(C)[n+]2C)c1C. The summed E-state index contributed by atoms with van der Waals surface area (Å²) in [6.07, 6.45) is 8.01. The number of pyridine rings is 1. The zero-order valence-corrected chi connectivity index (χ0v) is 19.8. The minimum Gasteiger partial charge on any atom is -0.198 e. The Balaban J connectivity index is 1.91. The molecular weight excluding hydrogens is 362 g/mol. The van der Waals surface area contributed by atoms with Gasteiger partial charge in [-0.3, -0.25) is 0 Å². The van der Waals surface area contributed by atoms with Crippen molar-refractivity contribution in [2.24, 2.45) is 13.0 Å². The number of hydrogen-bond donors (Lipinski definition) is 0. The first-order valence-corrected chi connectivity index (χ1v) is 11.9. The van der Waals surface area contributed by atoms with Crippen molar-refractivity contribution in [3.05, 3.63) is 64.3 Å². The lowest BCUT2D eigenvalue weighted by Gasteiger charge is -2.24. The highest BCUT2D eigenvalue weighted by atomic mass is 14.9. The number of fused-ring (bicyclic) bond motifs is 1. The fraction of sp³-hybridized carbons (Fsp3) is 0.483. The Morgan fingerprint density at radius 2 is 1.67 bits per heavy atom. The van der Waals surface area contributed by atoms with Gasteiger partial charge >= 0.3 is 0 Å². The van der Waals surface area contributed by atoms with Crippen molar-refractivity contribution in [3.8, 4) is 11.3 Å². The molecule has 0 saturated heterocycles. The molecule has 1 heterocycles. The number of rotatable bonds is 4. The number of nitrogens with zero attached hydrogens (tertiary/aromatic N) is 1. The van der Waals surface area contributed by atoms with Crippen LogP contribution in [0.15, 0.2) is 36.4 Å². The second kappa shape index (κ2) is 8.53. The van der Waals surface area contributed by atoms with Crippen LogP contribution in [0.3, 0.4) is 0 Å². The molecule has 0 aliphatic heterocycles. The fourth-order valence-electron chi connectivity index (χ4n) is 5.36. The number of hydrogen-bond acceptors (Lipinski definition) is 0. The highest BCUT2D eigenvalue weighted by Gasteiger charge is 2.23. The molecule has 1 nitrogen and oxygen atoms in total. The van der Waals surface area contributed by atoms with Crippen LogP contribution in [-0.2, 0) is 13.5 Å². The van der Waals surface area contributed by atoms with E-state index < -0.39 is 0 Å². The van der Waals surface area contributed by atoms with Gasteiger partial charge in [-0.25, -0.2) is 0 Å². The van der Waals surface area contributed by atoms with Crippen LogP contribution in [0.2, 0.25) is 0 Å². The van der Waals surface area contributed by atoms with Crippen molar-refractivity contribution in [2.75, 3.05) is 0 Å². The van der Waals surface area contributed by atoms with Gasteiger partial charge in [0.05, 0.1) is 10.9 Å². The average Bonchev–Trinajstić information content (AvgIpc) is 2.72. The summed E-state index contributed by atoms with van der Waals surface area (Å²) in [4.78, 5) is 0. The summed E-state index contributed by atoms with van der Waals surface area (Å²) < 4.78 is 2.40. The van der Waals surface area contributed by atoms with E-state index in [1.807, 2.05) is 0 Å². The van der Waals surface area contributed by atoms with Crippen molar-refractivity contribution in [2.45, 2.75) is 79.1 Å². The van der Waals surface area contributed by atoms with Crippen molar-refractivity contribution < 1.29 is 4.57 Å². The molecule has 1 aromatic heterocycles. The molecule has 3 aromatic rings. The first-order chi connectivity index (χ1) is 14.3. The van der Waals surface area contributed by atoms with Crippen molar-refractivity contribution in [3.63, 3.8) is 0 Å².